The van der Waals surface area contributed by atoms with Gasteiger partial charge in [0, 0.05) is 6.07 Å². The summed E-state index contributed by atoms with van der Waals surface area (Å²) in [6.45, 7) is -0.120. The molecule has 0 aliphatic heterocycles. The third-order valence-corrected chi connectivity index (χ3v) is 3.14. The Balaban J connectivity index is 2.28. The molecule has 0 saturated carbocycles. The molecule has 104 valence electrons. The molecule has 0 aliphatic rings. The average molecular weight is 342 g/mol. The molecular formula is C13H9BrFNO4. The molecule has 0 amide bonds. The van der Waals surface area contributed by atoms with E-state index in [2.05, 4.69) is 15.9 Å². The van der Waals surface area contributed by atoms with Gasteiger partial charge >= 0.3 is 0 Å². The number of rotatable bonds is 4. The van der Waals surface area contributed by atoms with Crippen molar-refractivity contribution in [3.63, 3.8) is 0 Å². The third kappa shape index (κ3) is 3.12. The first-order valence-electron chi connectivity index (χ1n) is 5.52. The summed E-state index contributed by atoms with van der Waals surface area (Å²) in [5, 5.41) is 19.5. The molecule has 0 saturated heterocycles. The minimum atomic E-state index is -0.822. The third-order valence-electron chi connectivity index (χ3n) is 2.53. The Kier molecular flexibility index (Phi) is 4.31. The van der Waals surface area contributed by atoms with Crippen LogP contribution in [0, 0.1) is 15.9 Å². The number of hydrogen-bond acceptors (Lipinski definition) is 4. The Morgan fingerprint density at radius 1 is 1.25 bits per heavy atom. The van der Waals surface area contributed by atoms with Gasteiger partial charge in [0.05, 0.1) is 22.1 Å². The molecule has 2 rings (SSSR count). The molecule has 5 nitrogen and oxygen atoms in total. The first-order valence-corrected chi connectivity index (χ1v) is 6.31. The molecule has 20 heavy (non-hydrogen) atoms. The fourth-order valence-electron chi connectivity index (χ4n) is 1.53. The molecule has 1 N–H and O–H groups in total. The van der Waals surface area contributed by atoms with E-state index in [1.807, 2.05) is 0 Å². The number of benzene rings is 2. The topological polar surface area (TPSA) is 72.6 Å². The highest BCUT2D eigenvalue weighted by atomic mass is 79.9. The van der Waals surface area contributed by atoms with E-state index in [0.717, 1.165) is 12.1 Å². The van der Waals surface area contributed by atoms with E-state index in [0.29, 0.717) is 15.8 Å². The zero-order valence-electron chi connectivity index (χ0n) is 10.0. The number of hydrogen-bond donors (Lipinski definition) is 1. The van der Waals surface area contributed by atoms with Gasteiger partial charge in [0.25, 0.3) is 5.69 Å². The summed E-state index contributed by atoms with van der Waals surface area (Å²) in [6, 6.07) is 7.98. The second-order valence-corrected chi connectivity index (χ2v) is 4.75. The van der Waals surface area contributed by atoms with Crippen LogP contribution in [0.1, 0.15) is 5.56 Å². The van der Waals surface area contributed by atoms with Crippen LogP contribution in [0.25, 0.3) is 0 Å². The molecular weight excluding hydrogens is 333 g/mol. The standard InChI is InChI=1S/C13H9BrFNO4/c14-10-5-8(7-17)1-3-12(10)20-13-4-2-9(16(18)19)6-11(13)15/h1-6,17H,7H2. The van der Waals surface area contributed by atoms with E-state index >= 15 is 0 Å². The summed E-state index contributed by atoms with van der Waals surface area (Å²) in [7, 11) is 0. The van der Waals surface area contributed by atoms with Crippen molar-refractivity contribution in [3.8, 4) is 11.5 Å². The Morgan fingerprint density at radius 2 is 1.95 bits per heavy atom. The molecule has 0 atom stereocenters. The van der Waals surface area contributed by atoms with Crippen LogP contribution in [0.5, 0.6) is 11.5 Å². The van der Waals surface area contributed by atoms with E-state index in [1.54, 1.807) is 18.2 Å². The van der Waals surface area contributed by atoms with Gasteiger partial charge in [-0.1, -0.05) is 6.07 Å². The van der Waals surface area contributed by atoms with Crippen LogP contribution >= 0.6 is 15.9 Å². The molecule has 0 fully saturated rings. The molecule has 0 bridgehead atoms. The van der Waals surface area contributed by atoms with Crippen LogP contribution in [-0.4, -0.2) is 10.0 Å². The molecule has 0 heterocycles. The highest BCUT2D eigenvalue weighted by molar-refractivity contribution is 9.10. The summed E-state index contributed by atoms with van der Waals surface area (Å²) in [5.41, 5.74) is 0.331. The number of non-ortho nitro benzene ring substituents is 1. The predicted octanol–water partition coefficient (Wildman–Crippen LogP) is 3.78. The Labute approximate surface area is 121 Å². The van der Waals surface area contributed by atoms with Gasteiger partial charge in [-0.05, 0) is 39.7 Å². The molecule has 0 unspecified atom stereocenters. The van der Waals surface area contributed by atoms with Gasteiger partial charge in [0.1, 0.15) is 5.75 Å². The van der Waals surface area contributed by atoms with Crippen molar-refractivity contribution >= 4 is 21.6 Å². The lowest BCUT2D eigenvalue weighted by Crippen LogP contribution is -1.93. The number of nitrogens with zero attached hydrogens (tertiary/aromatic N) is 1. The van der Waals surface area contributed by atoms with Crippen LogP contribution in [0.2, 0.25) is 0 Å². The second-order valence-electron chi connectivity index (χ2n) is 3.90. The predicted molar refractivity (Wildman–Crippen MR) is 73.2 cm³/mol. The summed E-state index contributed by atoms with van der Waals surface area (Å²) in [6.07, 6.45) is 0. The average Bonchev–Trinajstić information content (AvgIpc) is 2.42. The van der Waals surface area contributed by atoms with Crippen molar-refractivity contribution in [2.24, 2.45) is 0 Å². The van der Waals surface area contributed by atoms with Gasteiger partial charge in [-0.25, -0.2) is 4.39 Å². The molecule has 0 aliphatic carbocycles. The second kappa shape index (κ2) is 5.98. The largest absolute Gasteiger partial charge is 0.453 e. The van der Waals surface area contributed by atoms with E-state index < -0.39 is 10.7 Å². The SMILES string of the molecule is O=[N+]([O-])c1ccc(Oc2ccc(CO)cc2Br)c(F)c1. The monoisotopic (exact) mass is 341 g/mol. The zero-order valence-corrected chi connectivity index (χ0v) is 11.6. The van der Waals surface area contributed by atoms with Gasteiger partial charge in [0.15, 0.2) is 11.6 Å². The van der Waals surface area contributed by atoms with E-state index in [-0.39, 0.29) is 18.0 Å². The van der Waals surface area contributed by atoms with Crippen molar-refractivity contribution in [1.82, 2.24) is 0 Å². The molecule has 0 spiro atoms. The fourth-order valence-corrected chi connectivity index (χ4v) is 2.04. The molecule has 7 heteroatoms. The molecule has 0 aromatic heterocycles. The van der Waals surface area contributed by atoms with Gasteiger partial charge in [-0.15, -0.1) is 0 Å². The van der Waals surface area contributed by atoms with Crippen LogP contribution in [-0.2, 0) is 6.61 Å². The summed E-state index contributed by atoms with van der Waals surface area (Å²) >= 11 is 3.24. The maximum absolute atomic E-state index is 13.7. The van der Waals surface area contributed by atoms with Crippen molar-refractivity contribution in [2.45, 2.75) is 6.61 Å². The van der Waals surface area contributed by atoms with Crippen LogP contribution in [0.4, 0.5) is 10.1 Å². The highest BCUT2D eigenvalue weighted by Gasteiger charge is 2.13. The number of halogens is 2. The molecule has 0 radical (unpaired) electrons. The highest BCUT2D eigenvalue weighted by Crippen LogP contribution is 2.32. The Hall–Kier alpha value is -1.99. The van der Waals surface area contributed by atoms with Crippen molar-refractivity contribution in [1.29, 1.82) is 0 Å². The van der Waals surface area contributed by atoms with Crippen molar-refractivity contribution in [3.05, 3.63) is 62.4 Å². The van der Waals surface area contributed by atoms with Crippen LogP contribution in [0.15, 0.2) is 40.9 Å². The summed E-state index contributed by atoms with van der Waals surface area (Å²) in [5.74, 6) is -0.597. The first-order chi connectivity index (χ1) is 9.51. The number of aliphatic hydroxyl groups excluding tert-OH is 1. The lowest BCUT2D eigenvalue weighted by molar-refractivity contribution is -0.385. The van der Waals surface area contributed by atoms with E-state index in [9.17, 15) is 14.5 Å². The smallest absolute Gasteiger partial charge is 0.272 e. The summed E-state index contributed by atoms with van der Waals surface area (Å²) in [4.78, 5) is 9.83. The molecule has 2 aromatic rings. The maximum Gasteiger partial charge on any atom is 0.272 e. The lowest BCUT2D eigenvalue weighted by Gasteiger charge is -2.09. The van der Waals surface area contributed by atoms with E-state index in [1.165, 1.54) is 6.07 Å². The first kappa shape index (κ1) is 14.4. The molecule has 2 aromatic carbocycles. The summed E-state index contributed by atoms with van der Waals surface area (Å²) < 4.78 is 19.6. The maximum atomic E-state index is 13.7. The van der Waals surface area contributed by atoms with Gasteiger partial charge < -0.3 is 9.84 Å². The van der Waals surface area contributed by atoms with Gasteiger partial charge in [-0.3, -0.25) is 10.1 Å². The number of nitro benzene ring substituents is 1. The number of nitro groups is 1. The lowest BCUT2D eigenvalue weighted by atomic mass is 10.2. The Morgan fingerprint density at radius 3 is 2.50 bits per heavy atom. The fraction of sp³-hybridized carbons (Fsp3) is 0.0769. The minimum Gasteiger partial charge on any atom is -0.453 e. The minimum absolute atomic E-state index is 0.118. The van der Waals surface area contributed by atoms with E-state index in [4.69, 9.17) is 9.84 Å². The van der Waals surface area contributed by atoms with Gasteiger partial charge in [0.2, 0.25) is 0 Å². The number of ether oxygens (including phenoxy) is 1. The Bertz CT molecular complexity index is 663. The van der Waals surface area contributed by atoms with Crippen LogP contribution in [0.3, 0.4) is 0 Å². The zero-order chi connectivity index (χ0) is 14.7. The quantitative estimate of drug-likeness (QED) is 0.678. The van der Waals surface area contributed by atoms with Crippen molar-refractivity contribution in [2.75, 3.05) is 0 Å². The van der Waals surface area contributed by atoms with Crippen molar-refractivity contribution < 1.29 is 19.2 Å². The normalized spacial score (nSPS) is 10.3. The van der Waals surface area contributed by atoms with Gasteiger partial charge in [-0.2, -0.15) is 0 Å². The number of aliphatic hydroxyl groups is 1. The van der Waals surface area contributed by atoms with Crippen LogP contribution < -0.4 is 4.74 Å².